The predicted octanol–water partition coefficient (Wildman–Crippen LogP) is 2.74. The molecule has 2 aromatic carbocycles. The van der Waals surface area contributed by atoms with Crippen LogP contribution in [0.3, 0.4) is 0 Å². The van der Waals surface area contributed by atoms with Crippen LogP contribution in [0.2, 0.25) is 5.02 Å². The average Bonchev–Trinajstić information content (AvgIpc) is 2.56. The number of ether oxygens (including phenoxy) is 1. The summed E-state index contributed by atoms with van der Waals surface area (Å²) in [5.41, 5.74) is 2.76. The zero-order valence-electron chi connectivity index (χ0n) is 13.0. The highest BCUT2D eigenvalue weighted by Gasteiger charge is 2.09. The molecule has 0 aromatic heterocycles. The van der Waals surface area contributed by atoms with Crippen molar-refractivity contribution in [2.75, 3.05) is 13.7 Å². The Morgan fingerprint density at radius 1 is 1.17 bits per heavy atom. The minimum absolute atomic E-state index is 0.0402. The first kappa shape index (κ1) is 17.3. The quantitative estimate of drug-likeness (QED) is 0.819. The molecular weight excluding hydrogens is 314 g/mol. The summed E-state index contributed by atoms with van der Waals surface area (Å²) in [6.45, 7) is 0.596. The van der Waals surface area contributed by atoms with Gasteiger partial charge in [-0.25, -0.2) is 0 Å². The highest BCUT2D eigenvalue weighted by Crippen LogP contribution is 2.22. The van der Waals surface area contributed by atoms with Crippen molar-refractivity contribution in [3.05, 3.63) is 64.2 Å². The van der Waals surface area contributed by atoms with Crippen LogP contribution in [0.25, 0.3) is 0 Å². The topological polar surface area (TPSA) is 58.6 Å². The maximum Gasteiger partial charge on any atom is 0.224 e. The van der Waals surface area contributed by atoms with E-state index >= 15 is 0 Å². The Morgan fingerprint density at radius 3 is 2.52 bits per heavy atom. The van der Waals surface area contributed by atoms with Crippen LogP contribution in [-0.4, -0.2) is 24.7 Å². The van der Waals surface area contributed by atoms with E-state index < -0.39 is 0 Å². The fourth-order valence-electron chi connectivity index (χ4n) is 2.28. The van der Waals surface area contributed by atoms with Gasteiger partial charge in [0.25, 0.3) is 0 Å². The van der Waals surface area contributed by atoms with E-state index in [1.807, 2.05) is 24.3 Å². The largest absolute Gasteiger partial charge is 0.496 e. The van der Waals surface area contributed by atoms with Gasteiger partial charge in [0.15, 0.2) is 0 Å². The van der Waals surface area contributed by atoms with Crippen molar-refractivity contribution >= 4 is 17.5 Å². The lowest BCUT2D eigenvalue weighted by molar-refractivity contribution is -0.120. The molecule has 1 amide bonds. The molecule has 2 N–H and O–H groups in total. The van der Waals surface area contributed by atoms with Crippen molar-refractivity contribution in [1.82, 2.24) is 5.32 Å². The van der Waals surface area contributed by atoms with Crippen molar-refractivity contribution in [3.63, 3.8) is 0 Å². The van der Waals surface area contributed by atoms with Crippen LogP contribution in [0.1, 0.15) is 16.7 Å². The minimum atomic E-state index is -0.0717. The van der Waals surface area contributed by atoms with Crippen LogP contribution >= 0.6 is 11.6 Å². The molecule has 2 rings (SSSR count). The lowest BCUT2D eigenvalue weighted by Gasteiger charge is -2.10. The van der Waals surface area contributed by atoms with Gasteiger partial charge in [-0.1, -0.05) is 35.9 Å². The Balaban J connectivity index is 1.84. The summed E-state index contributed by atoms with van der Waals surface area (Å²) in [6.07, 6.45) is 0.970. The Bertz CT molecular complexity index is 656. The van der Waals surface area contributed by atoms with Gasteiger partial charge in [-0.05, 0) is 35.7 Å². The summed E-state index contributed by atoms with van der Waals surface area (Å²) in [5.74, 6) is 0.585. The van der Waals surface area contributed by atoms with Crippen molar-refractivity contribution in [2.24, 2.45) is 0 Å². The summed E-state index contributed by atoms with van der Waals surface area (Å²) in [6, 6.07) is 12.9. The zero-order valence-corrected chi connectivity index (χ0v) is 13.8. The molecule has 2 aromatic rings. The molecule has 23 heavy (non-hydrogen) atoms. The molecule has 0 radical (unpaired) electrons. The second-order valence-corrected chi connectivity index (χ2v) is 5.64. The van der Waals surface area contributed by atoms with Crippen LogP contribution in [0.5, 0.6) is 5.75 Å². The minimum Gasteiger partial charge on any atom is -0.496 e. The first-order valence-corrected chi connectivity index (χ1v) is 7.78. The molecule has 0 aliphatic heterocycles. The molecule has 0 saturated heterocycles. The fourth-order valence-corrected chi connectivity index (χ4v) is 2.47. The zero-order chi connectivity index (χ0) is 16.7. The maximum atomic E-state index is 12.0. The molecule has 0 unspecified atom stereocenters. The summed E-state index contributed by atoms with van der Waals surface area (Å²) in [7, 11) is 1.57. The Labute approximate surface area is 141 Å². The van der Waals surface area contributed by atoms with Gasteiger partial charge in [0.05, 0.1) is 20.1 Å². The van der Waals surface area contributed by atoms with E-state index in [-0.39, 0.29) is 18.9 Å². The van der Waals surface area contributed by atoms with Crippen molar-refractivity contribution in [1.29, 1.82) is 0 Å². The van der Waals surface area contributed by atoms with Crippen LogP contribution < -0.4 is 10.1 Å². The average molecular weight is 334 g/mol. The number of benzene rings is 2. The number of hydrogen-bond donors (Lipinski definition) is 2. The Hall–Kier alpha value is -2.04. The second-order valence-electron chi connectivity index (χ2n) is 5.21. The van der Waals surface area contributed by atoms with Crippen LogP contribution in [0.15, 0.2) is 42.5 Å². The van der Waals surface area contributed by atoms with E-state index in [0.29, 0.717) is 17.3 Å². The van der Waals surface area contributed by atoms with E-state index in [0.717, 1.165) is 23.1 Å². The van der Waals surface area contributed by atoms with Crippen molar-refractivity contribution in [3.8, 4) is 5.75 Å². The van der Waals surface area contributed by atoms with Gasteiger partial charge in [0.2, 0.25) is 5.91 Å². The Morgan fingerprint density at radius 2 is 1.87 bits per heavy atom. The SMILES string of the molecule is COc1ccc(Cl)cc1CC(=O)NCCc1ccc(CO)cc1. The third-order valence-corrected chi connectivity index (χ3v) is 3.77. The van der Waals surface area contributed by atoms with Gasteiger partial charge in [-0.15, -0.1) is 0 Å². The lowest BCUT2D eigenvalue weighted by Crippen LogP contribution is -2.27. The number of aliphatic hydroxyl groups excluding tert-OH is 1. The van der Waals surface area contributed by atoms with Crippen LogP contribution in [0, 0.1) is 0 Å². The second kappa shape index (κ2) is 8.56. The van der Waals surface area contributed by atoms with Gasteiger partial charge < -0.3 is 15.2 Å². The predicted molar refractivity (Wildman–Crippen MR) is 90.8 cm³/mol. The number of carbonyl (C=O) groups excluding carboxylic acids is 1. The third-order valence-electron chi connectivity index (χ3n) is 3.53. The third kappa shape index (κ3) is 5.27. The number of aliphatic hydroxyl groups is 1. The number of hydrogen-bond acceptors (Lipinski definition) is 3. The van der Waals surface area contributed by atoms with Crippen LogP contribution in [-0.2, 0) is 24.2 Å². The standard InChI is InChI=1S/C18H20ClNO3/c1-23-17-7-6-16(19)10-15(17)11-18(22)20-9-8-13-2-4-14(12-21)5-3-13/h2-7,10,21H,8-9,11-12H2,1H3,(H,20,22). The van der Waals surface area contributed by atoms with Crippen molar-refractivity contribution < 1.29 is 14.6 Å². The normalized spacial score (nSPS) is 10.4. The summed E-state index contributed by atoms with van der Waals surface area (Å²) in [5, 5.41) is 12.5. The molecule has 5 heteroatoms. The maximum absolute atomic E-state index is 12.0. The summed E-state index contributed by atoms with van der Waals surface area (Å²) in [4.78, 5) is 12.0. The Kier molecular flexibility index (Phi) is 6.44. The first-order chi connectivity index (χ1) is 11.1. The van der Waals surface area contributed by atoms with Gasteiger partial charge in [-0.3, -0.25) is 4.79 Å². The molecule has 0 fully saturated rings. The van der Waals surface area contributed by atoms with Crippen LogP contribution in [0.4, 0.5) is 0 Å². The lowest BCUT2D eigenvalue weighted by atomic mass is 10.1. The van der Waals surface area contributed by atoms with E-state index in [1.165, 1.54) is 0 Å². The number of methoxy groups -OCH3 is 1. The van der Waals surface area contributed by atoms with E-state index in [9.17, 15) is 4.79 Å². The van der Waals surface area contributed by atoms with Gasteiger partial charge in [-0.2, -0.15) is 0 Å². The highest BCUT2D eigenvalue weighted by atomic mass is 35.5. The number of rotatable bonds is 7. The molecule has 0 saturated carbocycles. The van der Waals surface area contributed by atoms with E-state index in [4.69, 9.17) is 21.4 Å². The molecule has 0 bridgehead atoms. The number of amides is 1. The van der Waals surface area contributed by atoms with Gasteiger partial charge >= 0.3 is 0 Å². The van der Waals surface area contributed by atoms with Crippen molar-refractivity contribution in [2.45, 2.75) is 19.4 Å². The van der Waals surface area contributed by atoms with E-state index in [1.54, 1.807) is 25.3 Å². The molecule has 0 atom stereocenters. The molecule has 4 nitrogen and oxygen atoms in total. The fraction of sp³-hybridized carbons (Fsp3) is 0.278. The summed E-state index contributed by atoms with van der Waals surface area (Å²) >= 11 is 5.96. The number of halogens is 1. The molecule has 0 aliphatic rings. The summed E-state index contributed by atoms with van der Waals surface area (Å²) < 4.78 is 5.24. The monoisotopic (exact) mass is 333 g/mol. The molecule has 0 spiro atoms. The smallest absolute Gasteiger partial charge is 0.224 e. The number of nitrogens with one attached hydrogen (secondary N) is 1. The van der Waals surface area contributed by atoms with E-state index in [2.05, 4.69) is 5.32 Å². The molecule has 0 aliphatic carbocycles. The highest BCUT2D eigenvalue weighted by molar-refractivity contribution is 6.30. The molecule has 122 valence electrons. The molecule has 0 heterocycles. The molecular formula is C18H20ClNO3. The van der Waals surface area contributed by atoms with Gasteiger partial charge in [0.1, 0.15) is 5.75 Å². The van der Waals surface area contributed by atoms with Gasteiger partial charge in [0, 0.05) is 17.1 Å². The first-order valence-electron chi connectivity index (χ1n) is 7.40. The number of carbonyl (C=O) groups is 1.